The van der Waals surface area contributed by atoms with Crippen LogP contribution in [-0.2, 0) is 15.6 Å². The third-order valence-corrected chi connectivity index (χ3v) is 4.61. The topological polar surface area (TPSA) is 46.2 Å². The lowest BCUT2D eigenvalue weighted by Gasteiger charge is -2.06. The molecule has 5 heteroatoms. The van der Waals surface area contributed by atoms with Crippen molar-refractivity contribution in [1.82, 2.24) is 0 Å². The standard InChI is InChI=1S/C10H10INO2S/c1-6-5-15(14)9-3-2-7(11)4-8(9)12-10(6)13/h2-4,6H,5H2,1H3,(H,12,13). The van der Waals surface area contributed by atoms with E-state index in [1.807, 2.05) is 18.2 Å². The lowest BCUT2D eigenvalue weighted by Crippen LogP contribution is -2.21. The van der Waals surface area contributed by atoms with Gasteiger partial charge in [-0.1, -0.05) is 6.92 Å². The van der Waals surface area contributed by atoms with Crippen LogP contribution in [0.3, 0.4) is 0 Å². The van der Waals surface area contributed by atoms with Gasteiger partial charge in [-0.3, -0.25) is 9.00 Å². The van der Waals surface area contributed by atoms with Crippen molar-refractivity contribution in [2.45, 2.75) is 11.8 Å². The van der Waals surface area contributed by atoms with Gasteiger partial charge >= 0.3 is 0 Å². The first kappa shape index (κ1) is 11.1. The molecule has 80 valence electrons. The minimum atomic E-state index is -1.08. The Balaban J connectivity index is 2.51. The molecule has 1 aliphatic heterocycles. The van der Waals surface area contributed by atoms with Gasteiger partial charge in [-0.25, -0.2) is 0 Å². The highest BCUT2D eigenvalue weighted by Crippen LogP contribution is 2.26. The maximum atomic E-state index is 11.9. The summed E-state index contributed by atoms with van der Waals surface area (Å²) in [6.45, 7) is 1.80. The highest BCUT2D eigenvalue weighted by Gasteiger charge is 2.24. The van der Waals surface area contributed by atoms with Gasteiger partial charge in [0.05, 0.1) is 21.4 Å². The van der Waals surface area contributed by atoms with E-state index in [9.17, 15) is 9.00 Å². The maximum Gasteiger partial charge on any atom is 0.228 e. The van der Waals surface area contributed by atoms with Crippen molar-refractivity contribution in [3.05, 3.63) is 21.8 Å². The number of hydrogen-bond donors (Lipinski definition) is 1. The molecular formula is C10H10INO2S. The molecule has 1 aliphatic rings. The van der Waals surface area contributed by atoms with Crippen molar-refractivity contribution in [3.8, 4) is 0 Å². The molecule has 0 saturated heterocycles. The summed E-state index contributed by atoms with van der Waals surface area (Å²) in [7, 11) is -1.08. The average molecular weight is 335 g/mol. The lowest BCUT2D eigenvalue weighted by atomic mass is 10.2. The molecule has 1 heterocycles. The minimum Gasteiger partial charge on any atom is -0.325 e. The number of benzene rings is 1. The highest BCUT2D eigenvalue weighted by molar-refractivity contribution is 14.1. The van der Waals surface area contributed by atoms with E-state index in [-0.39, 0.29) is 11.8 Å². The summed E-state index contributed by atoms with van der Waals surface area (Å²) in [4.78, 5) is 12.3. The lowest BCUT2D eigenvalue weighted by molar-refractivity contribution is -0.118. The zero-order valence-corrected chi connectivity index (χ0v) is 11.1. The van der Waals surface area contributed by atoms with Crippen molar-refractivity contribution in [3.63, 3.8) is 0 Å². The SMILES string of the molecule is CC1CS(=O)c2ccc(I)cc2NC1=O. The molecule has 0 bridgehead atoms. The van der Waals surface area contributed by atoms with E-state index in [4.69, 9.17) is 0 Å². The number of rotatable bonds is 0. The van der Waals surface area contributed by atoms with Crippen LogP contribution in [0.4, 0.5) is 5.69 Å². The summed E-state index contributed by atoms with van der Waals surface area (Å²) < 4.78 is 12.9. The van der Waals surface area contributed by atoms with Crippen LogP contribution in [0, 0.1) is 9.49 Å². The first-order chi connectivity index (χ1) is 7.08. The summed E-state index contributed by atoms with van der Waals surface area (Å²) in [6, 6.07) is 5.58. The Hall–Kier alpha value is -0.430. The molecule has 2 rings (SSSR count). The van der Waals surface area contributed by atoms with E-state index in [2.05, 4.69) is 27.9 Å². The second-order valence-corrected chi connectivity index (χ2v) is 6.25. The zero-order valence-electron chi connectivity index (χ0n) is 8.12. The fourth-order valence-corrected chi connectivity index (χ4v) is 3.30. The molecule has 3 nitrogen and oxygen atoms in total. The number of carbonyl (C=O) groups is 1. The van der Waals surface area contributed by atoms with Crippen LogP contribution in [-0.4, -0.2) is 15.9 Å². The summed E-state index contributed by atoms with van der Waals surface area (Å²) >= 11 is 2.17. The molecule has 1 N–H and O–H groups in total. The zero-order chi connectivity index (χ0) is 11.0. The van der Waals surface area contributed by atoms with Gasteiger partial charge in [-0.05, 0) is 40.8 Å². The van der Waals surface area contributed by atoms with Crippen LogP contribution in [0.1, 0.15) is 6.92 Å². The molecule has 0 fully saturated rings. The van der Waals surface area contributed by atoms with E-state index in [1.165, 1.54) is 0 Å². The molecular weight excluding hydrogens is 325 g/mol. The fourth-order valence-electron chi connectivity index (χ4n) is 1.45. The Morgan fingerprint density at radius 2 is 2.27 bits per heavy atom. The van der Waals surface area contributed by atoms with Crippen molar-refractivity contribution in [2.24, 2.45) is 5.92 Å². The minimum absolute atomic E-state index is 0.0518. The van der Waals surface area contributed by atoms with Crippen LogP contribution >= 0.6 is 22.6 Å². The second kappa shape index (κ2) is 4.21. The van der Waals surface area contributed by atoms with Crippen molar-refractivity contribution in [1.29, 1.82) is 0 Å². The van der Waals surface area contributed by atoms with Gasteiger partial charge in [-0.15, -0.1) is 0 Å². The van der Waals surface area contributed by atoms with Gasteiger partial charge in [0.15, 0.2) is 0 Å². The Morgan fingerprint density at radius 3 is 3.00 bits per heavy atom. The Bertz CT molecular complexity index is 447. The average Bonchev–Trinajstić information content (AvgIpc) is 2.25. The molecule has 0 spiro atoms. The normalized spacial score (nSPS) is 25.3. The van der Waals surface area contributed by atoms with E-state index < -0.39 is 10.8 Å². The Morgan fingerprint density at radius 1 is 1.53 bits per heavy atom. The predicted molar refractivity (Wildman–Crippen MR) is 68.2 cm³/mol. The molecule has 15 heavy (non-hydrogen) atoms. The monoisotopic (exact) mass is 335 g/mol. The molecule has 2 atom stereocenters. The van der Waals surface area contributed by atoms with Crippen LogP contribution < -0.4 is 5.32 Å². The molecule has 1 aromatic carbocycles. The maximum absolute atomic E-state index is 11.9. The van der Waals surface area contributed by atoms with Gasteiger partial charge in [0.25, 0.3) is 0 Å². The quantitative estimate of drug-likeness (QED) is 0.737. The molecule has 1 aromatic rings. The molecule has 1 amide bonds. The third-order valence-electron chi connectivity index (χ3n) is 2.29. The first-order valence-electron chi connectivity index (χ1n) is 4.56. The predicted octanol–water partition coefficient (Wildman–Crippen LogP) is 1.99. The number of hydrogen-bond acceptors (Lipinski definition) is 2. The molecule has 0 aromatic heterocycles. The van der Waals surface area contributed by atoms with Crippen LogP contribution in [0.2, 0.25) is 0 Å². The van der Waals surface area contributed by atoms with Gasteiger partial charge in [0.2, 0.25) is 5.91 Å². The molecule has 0 aliphatic carbocycles. The number of nitrogens with one attached hydrogen (secondary N) is 1. The van der Waals surface area contributed by atoms with Gasteiger partial charge in [0, 0.05) is 15.2 Å². The molecule has 0 saturated carbocycles. The second-order valence-electron chi connectivity index (χ2n) is 3.54. The van der Waals surface area contributed by atoms with E-state index >= 15 is 0 Å². The number of amides is 1. The van der Waals surface area contributed by atoms with Crippen molar-refractivity contribution in [2.75, 3.05) is 11.1 Å². The summed E-state index contributed by atoms with van der Waals surface area (Å²) in [6.07, 6.45) is 0. The summed E-state index contributed by atoms with van der Waals surface area (Å²) in [5, 5.41) is 2.81. The largest absolute Gasteiger partial charge is 0.325 e. The summed E-state index contributed by atoms with van der Waals surface area (Å²) in [5.74, 6) is 0.152. The van der Waals surface area contributed by atoms with Crippen molar-refractivity contribution < 1.29 is 9.00 Å². The summed E-state index contributed by atoms with van der Waals surface area (Å²) in [5.41, 5.74) is 0.689. The van der Waals surface area contributed by atoms with Crippen LogP contribution in [0.15, 0.2) is 23.1 Å². The van der Waals surface area contributed by atoms with Crippen LogP contribution in [0.5, 0.6) is 0 Å². The van der Waals surface area contributed by atoms with E-state index in [1.54, 1.807) is 6.92 Å². The number of carbonyl (C=O) groups excluding carboxylic acids is 1. The van der Waals surface area contributed by atoms with Gasteiger partial charge < -0.3 is 5.32 Å². The van der Waals surface area contributed by atoms with E-state index in [0.29, 0.717) is 11.4 Å². The number of anilines is 1. The fraction of sp³-hybridized carbons (Fsp3) is 0.300. The third kappa shape index (κ3) is 2.23. The van der Waals surface area contributed by atoms with E-state index in [0.717, 1.165) is 8.47 Å². The van der Waals surface area contributed by atoms with Gasteiger partial charge in [0.1, 0.15) is 0 Å². The Kier molecular flexibility index (Phi) is 3.11. The first-order valence-corrected chi connectivity index (χ1v) is 6.96. The van der Waals surface area contributed by atoms with Crippen LogP contribution in [0.25, 0.3) is 0 Å². The smallest absolute Gasteiger partial charge is 0.228 e. The molecule has 2 unspecified atom stereocenters. The molecule has 0 radical (unpaired) electrons. The number of fused-ring (bicyclic) bond motifs is 1. The van der Waals surface area contributed by atoms with Gasteiger partial charge in [-0.2, -0.15) is 0 Å². The number of halogens is 1. The van der Waals surface area contributed by atoms with Crippen molar-refractivity contribution >= 4 is 45.0 Å². The highest BCUT2D eigenvalue weighted by atomic mass is 127. The Labute approximate surface area is 104 Å².